The SMILES string of the molecule is CC(=O)c1cccc(NC(=O)Nc2ccc(-n3nc(C)c(Br)c3C)cc2)c1. The van der Waals surface area contributed by atoms with Gasteiger partial charge in [0.25, 0.3) is 0 Å². The number of benzene rings is 2. The van der Waals surface area contributed by atoms with Crippen LogP contribution in [0, 0.1) is 13.8 Å². The van der Waals surface area contributed by atoms with Crippen LogP contribution in [0.4, 0.5) is 16.2 Å². The molecule has 2 N–H and O–H groups in total. The first-order valence-corrected chi connectivity index (χ1v) is 9.15. The number of nitrogens with one attached hydrogen (secondary N) is 2. The summed E-state index contributed by atoms with van der Waals surface area (Å²) in [5.41, 5.74) is 4.59. The molecule has 0 fully saturated rings. The molecule has 0 spiro atoms. The largest absolute Gasteiger partial charge is 0.323 e. The maximum atomic E-state index is 12.2. The number of aromatic nitrogens is 2. The molecule has 3 rings (SSSR count). The van der Waals surface area contributed by atoms with Gasteiger partial charge in [-0.25, -0.2) is 9.48 Å². The fourth-order valence-electron chi connectivity index (χ4n) is 2.67. The van der Waals surface area contributed by atoms with Crippen molar-refractivity contribution in [2.45, 2.75) is 20.8 Å². The Morgan fingerprint density at radius 3 is 2.26 bits per heavy atom. The lowest BCUT2D eigenvalue weighted by atomic mass is 10.1. The fraction of sp³-hybridized carbons (Fsp3) is 0.150. The van der Waals surface area contributed by atoms with Crippen LogP contribution in [-0.4, -0.2) is 21.6 Å². The molecular formula is C20H19BrN4O2. The van der Waals surface area contributed by atoms with E-state index in [2.05, 4.69) is 31.7 Å². The Morgan fingerprint density at radius 2 is 1.67 bits per heavy atom. The van der Waals surface area contributed by atoms with E-state index in [-0.39, 0.29) is 11.8 Å². The second-order valence-corrected chi connectivity index (χ2v) is 6.95. The highest BCUT2D eigenvalue weighted by molar-refractivity contribution is 9.10. The molecule has 6 nitrogen and oxygen atoms in total. The number of anilines is 2. The Labute approximate surface area is 165 Å². The molecule has 0 saturated heterocycles. The summed E-state index contributed by atoms with van der Waals surface area (Å²) >= 11 is 3.52. The first-order chi connectivity index (χ1) is 12.8. The molecule has 2 aromatic carbocycles. The Balaban J connectivity index is 1.69. The topological polar surface area (TPSA) is 76.0 Å². The Hall–Kier alpha value is -2.93. The third-order valence-corrected chi connectivity index (χ3v) is 5.25. The number of hydrogen-bond acceptors (Lipinski definition) is 3. The summed E-state index contributed by atoms with van der Waals surface area (Å²) in [6.45, 7) is 5.41. The first kappa shape index (κ1) is 18.8. The zero-order valence-electron chi connectivity index (χ0n) is 15.2. The normalized spacial score (nSPS) is 10.5. The van der Waals surface area contributed by atoms with E-state index in [1.807, 2.05) is 42.8 Å². The summed E-state index contributed by atoms with van der Waals surface area (Å²) in [4.78, 5) is 23.6. The summed E-state index contributed by atoms with van der Waals surface area (Å²) in [6.07, 6.45) is 0. The minimum absolute atomic E-state index is 0.0505. The van der Waals surface area contributed by atoms with Gasteiger partial charge < -0.3 is 10.6 Å². The predicted molar refractivity (Wildman–Crippen MR) is 110 cm³/mol. The van der Waals surface area contributed by atoms with Gasteiger partial charge in [0.2, 0.25) is 0 Å². The van der Waals surface area contributed by atoms with Gasteiger partial charge in [0, 0.05) is 16.9 Å². The number of aryl methyl sites for hydroxylation is 1. The summed E-state index contributed by atoms with van der Waals surface area (Å²) < 4.78 is 2.83. The van der Waals surface area contributed by atoms with Gasteiger partial charge in [-0.15, -0.1) is 0 Å². The zero-order valence-corrected chi connectivity index (χ0v) is 16.8. The van der Waals surface area contributed by atoms with E-state index in [9.17, 15) is 9.59 Å². The highest BCUT2D eigenvalue weighted by Crippen LogP contribution is 2.23. The van der Waals surface area contributed by atoms with Crippen molar-refractivity contribution in [3.63, 3.8) is 0 Å². The smallest absolute Gasteiger partial charge is 0.308 e. The van der Waals surface area contributed by atoms with Gasteiger partial charge >= 0.3 is 6.03 Å². The summed E-state index contributed by atoms with van der Waals surface area (Å²) in [5, 5.41) is 9.99. The number of carbonyl (C=O) groups excluding carboxylic acids is 2. The lowest BCUT2D eigenvalue weighted by Crippen LogP contribution is -2.19. The molecule has 0 aliphatic heterocycles. The van der Waals surface area contributed by atoms with E-state index in [1.54, 1.807) is 24.3 Å². The Kier molecular flexibility index (Phi) is 5.41. The number of Topliss-reactive ketones (excluding diaryl/α,β-unsaturated/α-hetero) is 1. The van der Waals surface area contributed by atoms with Crippen LogP contribution in [0.15, 0.2) is 53.0 Å². The van der Waals surface area contributed by atoms with Gasteiger partial charge in [-0.05, 0) is 73.1 Å². The molecule has 0 aliphatic rings. The van der Waals surface area contributed by atoms with Crippen molar-refractivity contribution >= 4 is 39.1 Å². The molecule has 7 heteroatoms. The number of hydrogen-bond donors (Lipinski definition) is 2. The van der Waals surface area contributed by atoms with E-state index in [4.69, 9.17) is 0 Å². The average Bonchev–Trinajstić information content (AvgIpc) is 2.90. The lowest BCUT2D eigenvalue weighted by Gasteiger charge is -2.10. The van der Waals surface area contributed by atoms with Crippen molar-refractivity contribution in [2.24, 2.45) is 0 Å². The molecule has 2 amide bonds. The number of ketones is 1. The second-order valence-electron chi connectivity index (χ2n) is 6.16. The maximum absolute atomic E-state index is 12.2. The summed E-state index contributed by atoms with van der Waals surface area (Å²) in [7, 11) is 0. The molecule has 138 valence electrons. The van der Waals surface area contributed by atoms with E-state index in [0.717, 1.165) is 21.5 Å². The van der Waals surface area contributed by atoms with Crippen molar-refractivity contribution in [1.82, 2.24) is 9.78 Å². The first-order valence-electron chi connectivity index (χ1n) is 8.36. The predicted octanol–water partition coefficient (Wildman–Crippen LogP) is 5.10. The third kappa shape index (κ3) is 4.25. The molecule has 0 unspecified atom stereocenters. The van der Waals surface area contributed by atoms with Crippen LogP contribution in [0.25, 0.3) is 5.69 Å². The van der Waals surface area contributed by atoms with E-state index >= 15 is 0 Å². The second kappa shape index (κ2) is 7.75. The standard InChI is InChI=1S/C20H19BrN4O2/c1-12-19(21)13(2)25(24-12)18-9-7-16(8-10-18)22-20(27)23-17-6-4-5-15(11-17)14(3)26/h4-11H,1-3H3,(H2,22,23,27). The summed E-state index contributed by atoms with van der Waals surface area (Å²) in [6, 6.07) is 13.8. The molecule has 0 radical (unpaired) electrons. The fourth-order valence-corrected chi connectivity index (χ4v) is 2.92. The zero-order chi connectivity index (χ0) is 19.6. The molecule has 0 bridgehead atoms. The number of nitrogens with zero attached hydrogens (tertiary/aromatic N) is 2. The maximum Gasteiger partial charge on any atom is 0.323 e. The van der Waals surface area contributed by atoms with Crippen molar-refractivity contribution in [3.05, 3.63) is 70.0 Å². The number of amides is 2. The average molecular weight is 427 g/mol. The quantitative estimate of drug-likeness (QED) is 0.569. The van der Waals surface area contributed by atoms with Crippen molar-refractivity contribution in [2.75, 3.05) is 10.6 Å². The molecular weight excluding hydrogens is 408 g/mol. The number of carbonyl (C=O) groups is 2. The highest BCUT2D eigenvalue weighted by Gasteiger charge is 2.10. The number of rotatable bonds is 4. The van der Waals surface area contributed by atoms with Crippen molar-refractivity contribution < 1.29 is 9.59 Å². The lowest BCUT2D eigenvalue weighted by molar-refractivity contribution is 0.101. The van der Waals surface area contributed by atoms with Crippen molar-refractivity contribution in [1.29, 1.82) is 0 Å². The van der Waals surface area contributed by atoms with Gasteiger partial charge in [-0.3, -0.25) is 4.79 Å². The molecule has 0 atom stereocenters. The molecule has 27 heavy (non-hydrogen) atoms. The third-order valence-electron chi connectivity index (χ3n) is 4.10. The Morgan fingerprint density at radius 1 is 1.00 bits per heavy atom. The van der Waals surface area contributed by atoms with Crippen LogP contribution in [-0.2, 0) is 0 Å². The van der Waals surface area contributed by atoms with Gasteiger partial charge in [-0.1, -0.05) is 12.1 Å². The monoisotopic (exact) mass is 426 g/mol. The van der Waals surface area contributed by atoms with E-state index in [0.29, 0.717) is 16.9 Å². The van der Waals surface area contributed by atoms with Crippen LogP contribution in [0.5, 0.6) is 0 Å². The molecule has 0 aliphatic carbocycles. The van der Waals surface area contributed by atoms with Gasteiger partial charge in [0.05, 0.1) is 21.5 Å². The van der Waals surface area contributed by atoms with Crippen LogP contribution < -0.4 is 10.6 Å². The summed E-state index contributed by atoms with van der Waals surface area (Å²) in [5.74, 6) is -0.0505. The molecule has 3 aromatic rings. The Bertz CT molecular complexity index is 1010. The van der Waals surface area contributed by atoms with Crippen LogP contribution in [0.1, 0.15) is 28.7 Å². The minimum Gasteiger partial charge on any atom is -0.308 e. The van der Waals surface area contributed by atoms with Gasteiger partial charge in [0.15, 0.2) is 5.78 Å². The molecule has 0 saturated carbocycles. The van der Waals surface area contributed by atoms with Crippen LogP contribution >= 0.6 is 15.9 Å². The molecule has 1 heterocycles. The number of urea groups is 1. The highest BCUT2D eigenvalue weighted by atomic mass is 79.9. The van der Waals surface area contributed by atoms with Gasteiger partial charge in [-0.2, -0.15) is 5.10 Å². The molecule has 1 aromatic heterocycles. The van der Waals surface area contributed by atoms with E-state index < -0.39 is 0 Å². The number of halogens is 1. The van der Waals surface area contributed by atoms with Crippen LogP contribution in [0.2, 0.25) is 0 Å². The van der Waals surface area contributed by atoms with Gasteiger partial charge in [0.1, 0.15) is 0 Å². The van der Waals surface area contributed by atoms with Crippen molar-refractivity contribution in [3.8, 4) is 5.69 Å². The van der Waals surface area contributed by atoms with E-state index in [1.165, 1.54) is 6.92 Å². The van der Waals surface area contributed by atoms with Crippen LogP contribution in [0.3, 0.4) is 0 Å². The minimum atomic E-state index is -0.377.